The molecular weight excluding hydrogens is 414 g/mol. The molecule has 1 aliphatic rings. The van der Waals surface area contributed by atoms with Crippen LogP contribution >= 0.6 is 15.6 Å². The van der Waals surface area contributed by atoms with Gasteiger partial charge in [-0.3, -0.25) is 18.9 Å². The first-order chi connectivity index (χ1) is 11.4. The molecule has 17 heteroatoms. The van der Waals surface area contributed by atoms with E-state index in [1.54, 1.807) is 0 Å². The van der Waals surface area contributed by atoms with Crippen LogP contribution in [0.1, 0.15) is 9.08 Å². The van der Waals surface area contributed by atoms with E-state index < -0.39 is 58.0 Å². The van der Waals surface area contributed by atoms with Crippen molar-refractivity contribution in [1.29, 1.82) is 0 Å². The first-order valence-electron chi connectivity index (χ1n) is 6.47. The van der Waals surface area contributed by atoms with Crippen LogP contribution in [0.4, 0.5) is 0 Å². The summed E-state index contributed by atoms with van der Waals surface area (Å²) in [7, 11) is -10.5. The number of aromatic nitrogens is 2. The van der Waals surface area contributed by atoms with Crippen molar-refractivity contribution in [2.75, 3.05) is 6.61 Å². The van der Waals surface area contributed by atoms with Crippen LogP contribution in [0.15, 0.2) is 21.9 Å². The summed E-state index contributed by atoms with van der Waals surface area (Å²) in [6.07, 6.45) is -5.25. The van der Waals surface area contributed by atoms with Gasteiger partial charge >= 0.3 is 44.4 Å². The molecule has 14 nitrogen and oxygen atoms in total. The van der Waals surface area contributed by atoms with Crippen LogP contribution in [0.25, 0.3) is 0 Å². The third kappa shape index (κ3) is 6.05. The van der Waals surface area contributed by atoms with E-state index in [0.29, 0.717) is 0 Å². The Bertz CT molecular complexity index is 845. The average molecular weight is 430 g/mol. The fraction of sp³-hybridized carbons (Fsp3) is 0.556. The van der Waals surface area contributed by atoms with Crippen molar-refractivity contribution in [3.8, 4) is 0 Å². The molecule has 0 aromatic carbocycles. The number of ether oxygens (including phenoxy) is 1. The molecule has 0 saturated carbocycles. The molecule has 1 aliphatic heterocycles. The van der Waals surface area contributed by atoms with Gasteiger partial charge in [0.05, 0.1) is 6.61 Å². The largest absolute Gasteiger partial charge is 2.00 e. The Labute approximate surface area is 163 Å². The Morgan fingerprint density at radius 2 is 1.85 bits per heavy atom. The topological polar surface area (TPSA) is 218 Å². The minimum atomic E-state index is -5.32. The van der Waals surface area contributed by atoms with Crippen LogP contribution in [0.2, 0.25) is 0 Å². The van der Waals surface area contributed by atoms with Crippen molar-refractivity contribution in [3.63, 3.8) is 0 Å². The average Bonchev–Trinajstić information content (AvgIpc) is 2.71. The third-order valence-electron chi connectivity index (χ3n) is 3.07. The summed E-state index contributed by atoms with van der Waals surface area (Å²) in [6, 6.07) is 0.962. The van der Waals surface area contributed by atoms with Crippen LogP contribution in [-0.2, 0) is 22.7 Å². The van der Waals surface area contributed by atoms with E-state index in [1.165, 1.54) is 0 Å². The van der Waals surface area contributed by atoms with Crippen molar-refractivity contribution in [1.82, 2.24) is 9.55 Å². The summed E-state index contributed by atoms with van der Waals surface area (Å²) >= 11 is 0. The van der Waals surface area contributed by atoms with Gasteiger partial charge in [0.25, 0.3) is 5.56 Å². The fourth-order valence-corrected chi connectivity index (χ4v) is 3.65. The molecule has 1 fully saturated rings. The minimum absolute atomic E-state index is 0. The summed E-state index contributed by atoms with van der Waals surface area (Å²) in [6.45, 7) is -0.902. The SMILES string of the molecule is O=c1ccn([C@@H]2O[C@H](COP(=O)(O)OP(=O)(O)O)[C@@H](O)[C@H]2O)c(=O)[nH]1.[H-].[H-].[Mg+2]. The number of nitrogens with one attached hydrogen (secondary N) is 1. The van der Waals surface area contributed by atoms with Crippen LogP contribution in [0, 0.1) is 0 Å². The van der Waals surface area contributed by atoms with Gasteiger partial charge in [-0.1, -0.05) is 0 Å². The predicted octanol–water partition coefficient (Wildman–Crippen LogP) is -2.77. The second-order valence-electron chi connectivity index (χ2n) is 4.90. The van der Waals surface area contributed by atoms with Gasteiger partial charge < -0.3 is 32.5 Å². The van der Waals surface area contributed by atoms with Crippen LogP contribution in [-0.4, -0.2) is 82.4 Å². The Kier molecular flexibility index (Phi) is 7.93. The number of hydrogen-bond donors (Lipinski definition) is 6. The van der Waals surface area contributed by atoms with Crippen molar-refractivity contribution >= 4 is 38.7 Å². The van der Waals surface area contributed by atoms with Gasteiger partial charge in [-0.05, 0) is 0 Å². The monoisotopic (exact) mass is 430 g/mol. The standard InChI is InChI=1S/C9H14N2O12P2.Mg.2H/c12-5-1-2-11(9(15)10-5)8-7(14)6(13)4(22-8)3-21-25(19,20)23-24(16,17)18;;;/h1-2,4,6-8,13-14H,3H2,(H,19,20)(H,10,12,15)(H2,16,17,18);;;/q;+2;2*-1/t4-,6-,7-,8-;;;/m1.../s1. The van der Waals surface area contributed by atoms with E-state index in [9.17, 15) is 28.9 Å². The number of nitrogens with zero attached hydrogens (tertiary/aromatic N) is 1. The maximum Gasteiger partial charge on any atom is 2.00 e. The van der Waals surface area contributed by atoms with E-state index in [1.807, 2.05) is 4.98 Å². The van der Waals surface area contributed by atoms with Crippen molar-refractivity contribution < 1.29 is 50.4 Å². The number of phosphoric acid groups is 2. The second-order valence-corrected chi connectivity index (χ2v) is 7.73. The van der Waals surface area contributed by atoms with Crippen molar-refractivity contribution in [2.45, 2.75) is 24.5 Å². The van der Waals surface area contributed by atoms with Gasteiger partial charge in [0, 0.05) is 12.3 Å². The third-order valence-corrected chi connectivity index (χ3v) is 5.23. The van der Waals surface area contributed by atoms with Gasteiger partial charge in [0.15, 0.2) is 6.23 Å². The molecule has 0 aliphatic carbocycles. The van der Waals surface area contributed by atoms with Gasteiger partial charge in [-0.2, -0.15) is 4.31 Å². The molecule has 146 valence electrons. The molecule has 1 aromatic heterocycles. The molecule has 0 amide bonds. The summed E-state index contributed by atoms with van der Waals surface area (Å²) < 4.78 is 35.6. The zero-order valence-corrected chi connectivity index (χ0v) is 16.0. The number of phosphoric ester groups is 1. The number of aliphatic hydroxyl groups is 2. The van der Waals surface area contributed by atoms with E-state index in [2.05, 4.69) is 8.83 Å². The molecule has 0 spiro atoms. The molecule has 26 heavy (non-hydrogen) atoms. The summed E-state index contributed by atoms with van der Waals surface area (Å²) in [5.41, 5.74) is -1.65. The maximum absolute atomic E-state index is 11.7. The quantitative estimate of drug-likeness (QED) is 0.199. The number of aromatic amines is 1. The molecule has 1 saturated heterocycles. The van der Waals surface area contributed by atoms with Crippen LogP contribution in [0.5, 0.6) is 0 Å². The summed E-state index contributed by atoms with van der Waals surface area (Å²) in [5, 5.41) is 19.8. The van der Waals surface area contributed by atoms with Gasteiger partial charge in [-0.15, -0.1) is 0 Å². The normalized spacial score (nSPS) is 28.3. The minimum Gasteiger partial charge on any atom is -1.00 e. The van der Waals surface area contributed by atoms with Gasteiger partial charge in [0.2, 0.25) is 0 Å². The van der Waals surface area contributed by atoms with Gasteiger partial charge in [0.1, 0.15) is 18.3 Å². The molecule has 6 N–H and O–H groups in total. The number of aliphatic hydroxyl groups excluding tert-OH is 2. The van der Waals surface area contributed by atoms with Crippen LogP contribution < -0.4 is 11.2 Å². The zero-order chi connectivity index (χ0) is 19.0. The Balaban J connectivity index is 0. The first kappa shape index (κ1) is 23.6. The molecule has 0 bridgehead atoms. The Hall–Kier alpha value is -0.414. The van der Waals surface area contributed by atoms with E-state index in [-0.39, 0.29) is 25.9 Å². The maximum atomic E-state index is 11.7. The Morgan fingerprint density at radius 1 is 1.23 bits per heavy atom. The molecule has 1 aromatic rings. The van der Waals surface area contributed by atoms with Crippen molar-refractivity contribution in [3.05, 3.63) is 33.1 Å². The predicted molar refractivity (Wildman–Crippen MR) is 84.1 cm³/mol. The second kappa shape index (κ2) is 8.73. The molecule has 1 unspecified atom stereocenters. The Morgan fingerprint density at radius 3 is 2.38 bits per heavy atom. The fourth-order valence-electron chi connectivity index (χ4n) is 2.05. The van der Waals surface area contributed by atoms with E-state index in [4.69, 9.17) is 19.4 Å². The zero-order valence-electron chi connectivity index (χ0n) is 14.8. The summed E-state index contributed by atoms with van der Waals surface area (Å²) in [5.74, 6) is 0. The number of hydrogen-bond acceptors (Lipinski definition) is 9. The van der Waals surface area contributed by atoms with Gasteiger partial charge in [-0.25, -0.2) is 13.9 Å². The van der Waals surface area contributed by atoms with Crippen molar-refractivity contribution in [2.24, 2.45) is 0 Å². The molecule has 0 radical (unpaired) electrons. The number of rotatable bonds is 6. The first-order valence-corrected chi connectivity index (χ1v) is 9.49. The van der Waals surface area contributed by atoms with E-state index >= 15 is 0 Å². The number of H-pyrrole nitrogens is 1. The molecule has 5 atom stereocenters. The molecule has 2 heterocycles. The van der Waals surface area contributed by atoms with Crippen LogP contribution in [0.3, 0.4) is 0 Å². The smallest absolute Gasteiger partial charge is 1.00 e. The summed E-state index contributed by atoms with van der Waals surface area (Å²) in [4.78, 5) is 50.7. The van der Waals surface area contributed by atoms with E-state index in [0.717, 1.165) is 16.8 Å². The molecule has 2 rings (SSSR count). The molecular formula is C9H16MgN2O12P2.